The maximum atomic E-state index is 5.66. The van der Waals surface area contributed by atoms with Crippen LogP contribution < -0.4 is 0 Å². The van der Waals surface area contributed by atoms with Crippen LogP contribution in [0, 0.1) is 0 Å². The average Bonchev–Trinajstić information content (AvgIpc) is 2.52. The maximum Gasteiger partial charge on any atom is 0.157 e. The van der Waals surface area contributed by atoms with Gasteiger partial charge in [-0.05, 0) is 51.4 Å². The fraction of sp³-hybridized carbons (Fsp3) is 0.875. The van der Waals surface area contributed by atoms with Gasteiger partial charge in [-0.15, -0.1) is 0 Å². The van der Waals surface area contributed by atoms with Crippen LogP contribution in [0.25, 0.3) is 0 Å². The Morgan fingerprint density at radius 1 is 0.750 bits per heavy atom. The maximum absolute atomic E-state index is 5.66. The fourth-order valence-corrected chi connectivity index (χ4v) is 2.46. The minimum atomic E-state index is 0.0314. The predicted octanol–water partition coefficient (Wildman–Crippen LogP) is 3.41. The van der Waals surface area contributed by atoms with Crippen LogP contribution in [0.2, 0.25) is 0 Å². The molecular formula is C16H28O4. The average molecular weight is 284 g/mol. The van der Waals surface area contributed by atoms with Gasteiger partial charge in [0, 0.05) is 13.2 Å². The highest BCUT2D eigenvalue weighted by Gasteiger charge is 2.13. The molecule has 116 valence electrons. The van der Waals surface area contributed by atoms with Crippen molar-refractivity contribution in [2.75, 3.05) is 26.4 Å². The molecule has 0 radical (unpaired) electrons. The second-order valence-corrected chi connectivity index (χ2v) is 5.38. The second kappa shape index (κ2) is 10.3. The molecule has 0 saturated carbocycles. The van der Waals surface area contributed by atoms with Crippen LogP contribution in [0.4, 0.5) is 0 Å². The van der Waals surface area contributed by atoms with Crippen molar-refractivity contribution in [3.05, 3.63) is 12.2 Å². The van der Waals surface area contributed by atoms with E-state index < -0.39 is 0 Å². The number of rotatable bonds is 8. The van der Waals surface area contributed by atoms with Crippen LogP contribution in [0.1, 0.15) is 51.4 Å². The molecule has 4 heteroatoms. The summed E-state index contributed by atoms with van der Waals surface area (Å²) in [5.74, 6) is 0. The van der Waals surface area contributed by atoms with Crippen molar-refractivity contribution in [2.45, 2.75) is 63.9 Å². The molecule has 2 atom stereocenters. The first-order chi connectivity index (χ1) is 9.95. The lowest BCUT2D eigenvalue weighted by atomic mass is 10.2. The lowest BCUT2D eigenvalue weighted by Gasteiger charge is -2.22. The molecule has 0 aromatic heterocycles. The summed E-state index contributed by atoms with van der Waals surface area (Å²) < 4.78 is 22.3. The van der Waals surface area contributed by atoms with Gasteiger partial charge in [0.15, 0.2) is 12.6 Å². The van der Waals surface area contributed by atoms with Crippen molar-refractivity contribution >= 4 is 0 Å². The molecule has 0 N–H and O–H groups in total. The minimum Gasteiger partial charge on any atom is -0.353 e. The van der Waals surface area contributed by atoms with Crippen LogP contribution in [0.3, 0.4) is 0 Å². The smallest absolute Gasteiger partial charge is 0.157 e. The summed E-state index contributed by atoms with van der Waals surface area (Å²) in [5.41, 5.74) is 0. The van der Waals surface area contributed by atoms with Gasteiger partial charge < -0.3 is 18.9 Å². The molecule has 2 saturated heterocycles. The second-order valence-electron chi connectivity index (χ2n) is 5.38. The van der Waals surface area contributed by atoms with Crippen molar-refractivity contribution in [1.82, 2.24) is 0 Å². The Bertz CT molecular complexity index is 229. The van der Waals surface area contributed by atoms with Gasteiger partial charge in [-0.3, -0.25) is 0 Å². The van der Waals surface area contributed by atoms with Crippen LogP contribution in [0.5, 0.6) is 0 Å². The molecule has 0 aromatic carbocycles. The van der Waals surface area contributed by atoms with E-state index in [0.717, 1.165) is 52.1 Å². The van der Waals surface area contributed by atoms with Crippen LogP contribution in [0.15, 0.2) is 12.2 Å². The van der Waals surface area contributed by atoms with Crippen molar-refractivity contribution in [3.8, 4) is 0 Å². The molecule has 0 aliphatic carbocycles. The van der Waals surface area contributed by atoms with Gasteiger partial charge >= 0.3 is 0 Å². The fourth-order valence-electron chi connectivity index (χ4n) is 2.46. The van der Waals surface area contributed by atoms with E-state index in [1.807, 2.05) is 0 Å². The van der Waals surface area contributed by atoms with E-state index in [9.17, 15) is 0 Å². The first kappa shape index (κ1) is 16.0. The highest BCUT2D eigenvalue weighted by atomic mass is 16.7. The molecule has 4 nitrogen and oxygen atoms in total. The quantitative estimate of drug-likeness (QED) is 0.505. The Morgan fingerprint density at radius 3 is 1.65 bits per heavy atom. The number of ether oxygens (including phenoxy) is 4. The summed E-state index contributed by atoms with van der Waals surface area (Å²) in [7, 11) is 0. The van der Waals surface area contributed by atoms with Gasteiger partial charge in [0.2, 0.25) is 0 Å². The molecule has 0 bridgehead atoms. The van der Waals surface area contributed by atoms with E-state index in [2.05, 4.69) is 12.2 Å². The third-order valence-electron chi connectivity index (χ3n) is 3.62. The Kier molecular flexibility index (Phi) is 8.24. The van der Waals surface area contributed by atoms with Gasteiger partial charge in [-0.25, -0.2) is 0 Å². The number of hydrogen-bond acceptors (Lipinski definition) is 4. The highest BCUT2D eigenvalue weighted by molar-refractivity contribution is 4.81. The van der Waals surface area contributed by atoms with E-state index in [0.29, 0.717) is 0 Å². The zero-order valence-electron chi connectivity index (χ0n) is 12.4. The van der Waals surface area contributed by atoms with Gasteiger partial charge in [0.1, 0.15) is 0 Å². The molecule has 2 fully saturated rings. The van der Waals surface area contributed by atoms with E-state index in [-0.39, 0.29) is 12.6 Å². The monoisotopic (exact) mass is 284 g/mol. The summed E-state index contributed by atoms with van der Waals surface area (Å²) in [6, 6.07) is 0. The first-order valence-electron chi connectivity index (χ1n) is 8.06. The van der Waals surface area contributed by atoms with E-state index >= 15 is 0 Å². The predicted molar refractivity (Wildman–Crippen MR) is 77.5 cm³/mol. The zero-order chi connectivity index (χ0) is 13.9. The van der Waals surface area contributed by atoms with Crippen molar-refractivity contribution in [3.63, 3.8) is 0 Å². The van der Waals surface area contributed by atoms with Crippen LogP contribution in [-0.4, -0.2) is 39.0 Å². The third-order valence-corrected chi connectivity index (χ3v) is 3.62. The summed E-state index contributed by atoms with van der Waals surface area (Å²) in [6.07, 6.45) is 13.1. The third kappa shape index (κ3) is 6.84. The molecule has 2 rings (SSSR count). The van der Waals surface area contributed by atoms with Gasteiger partial charge in [-0.2, -0.15) is 0 Å². The molecule has 20 heavy (non-hydrogen) atoms. The largest absolute Gasteiger partial charge is 0.353 e. The summed E-state index contributed by atoms with van der Waals surface area (Å²) >= 11 is 0. The molecule has 0 amide bonds. The molecule has 2 heterocycles. The minimum absolute atomic E-state index is 0.0314. The SMILES string of the molecule is C(=C/CCOC1CCCCO1)/CCOC1CCCCO1. The molecular weight excluding hydrogens is 256 g/mol. The highest BCUT2D eigenvalue weighted by Crippen LogP contribution is 2.14. The van der Waals surface area contributed by atoms with Crippen molar-refractivity contribution in [2.24, 2.45) is 0 Å². The normalized spacial score (nSPS) is 28.0. The first-order valence-corrected chi connectivity index (χ1v) is 8.06. The summed E-state index contributed by atoms with van der Waals surface area (Å²) in [5, 5.41) is 0. The topological polar surface area (TPSA) is 36.9 Å². The molecule has 2 aliphatic heterocycles. The standard InChI is InChI=1S/C16H28O4/c1(5-11-17-15-9-3-7-13-19-15)2-6-12-18-16-10-4-8-14-20-16/h1-2,15-16H,3-14H2/b2-1-. The molecule has 0 spiro atoms. The zero-order valence-corrected chi connectivity index (χ0v) is 12.4. The Morgan fingerprint density at radius 2 is 1.25 bits per heavy atom. The lowest BCUT2D eigenvalue weighted by Crippen LogP contribution is -2.22. The summed E-state index contributed by atoms with van der Waals surface area (Å²) in [6.45, 7) is 3.18. The van der Waals surface area contributed by atoms with Gasteiger partial charge in [-0.1, -0.05) is 12.2 Å². The lowest BCUT2D eigenvalue weighted by molar-refractivity contribution is -0.162. The Labute approximate surface area is 122 Å². The van der Waals surface area contributed by atoms with E-state index in [4.69, 9.17) is 18.9 Å². The van der Waals surface area contributed by atoms with Crippen molar-refractivity contribution in [1.29, 1.82) is 0 Å². The van der Waals surface area contributed by atoms with Gasteiger partial charge in [0.25, 0.3) is 0 Å². The summed E-state index contributed by atoms with van der Waals surface area (Å²) in [4.78, 5) is 0. The van der Waals surface area contributed by atoms with Crippen LogP contribution in [-0.2, 0) is 18.9 Å². The van der Waals surface area contributed by atoms with Gasteiger partial charge in [0.05, 0.1) is 13.2 Å². The number of hydrogen-bond donors (Lipinski definition) is 0. The molecule has 2 unspecified atom stereocenters. The Hall–Kier alpha value is -0.420. The van der Waals surface area contributed by atoms with E-state index in [1.54, 1.807) is 0 Å². The molecule has 2 aliphatic rings. The Balaban J connectivity index is 1.39. The van der Waals surface area contributed by atoms with Crippen LogP contribution >= 0.6 is 0 Å². The van der Waals surface area contributed by atoms with E-state index in [1.165, 1.54) is 25.7 Å². The van der Waals surface area contributed by atoms with Crippen molar-refractivity contribution < 1.29 is 18.9 Å². The molecule has 0 aromatic rings.